The van der Waals surface area contributed by atoms with E-state index in [1.807, 2.05) is 6.92 Å². The van der Waals surface area contributed by atoms with Crippen LogP contribution in [0, 0.1) is 18.3 Å². The van der Waals surface area contributed by atoms with Crippen molar-refractivity contribution >= 4 is 10.0 Å². The molecule has 0 aromatic heterocycles. The van der Waals surface area contributed by atoms with E-state index >= 15 is 0 Å². The van der Waals surface area contributed by atoms with Gasteiger partial charge in [-0.15, -0.1) is 0 Å². The van der Waals surface area contributed by atoms with Gasteiger partial charge in [0.15, 0.2) is 0 Å². The van der Waals surface area contributed by atoms with Crippen LogP contribution in [-0.4, -0.2) is 20.1 Å². The first-order valence-electron chi connectivity index (χ1n) is 6.78. The van der Waals surface area contributed by atoms with Gasteiger partial charge in [-0.2, -0.15) is 0 Å². The van der Waals surface area contributed by atoms with Gasteiger partial charge in [0.25, 0.3) is 0 Å². The van der Waals surface area contributed by atoms with Crippen LogP contribution in [0.5, 0.6) is 0 Å². The lowest BCUT2D eigenvalue weighted by atomic mass is 9.82. The van der Waals surface area contributed by atoms with Gasteiger partial charge in [0.2, 0.25) is 10.0 Å². The lowest BCUT2D eigenvalue weighted by Crippen LogP contribution is -2.34. The molecule has 1 atom stereocenters. The van der Waals surface area contributed by atoms with Crippen LogP contribution >= 0.6 is 0 Å². The molecule has 0 aliphatic rings. The van der Waals surface area contributed by atoms with E-state index in [1.165, 1.54) is 0 Å². The highest BCUT2D eigenvalue weighted by molar-refractivity contribution is 7.89. The summed E-state index contributed by atoms with van der Waals surface area (Å²) in [7, 11) is -3.54. The summed E-state index contributed by atoms with van der Waals surface area (Å²) in [6.07, 6.45) is 0. The summed E-state index contributed by atoms with van der Waals surface area (Å²) in [4.78, 5) is 0.241. The summed E-state index contributed by atoms with van der Waals surface area (Å²) in [5, 5.41) is 9.22. The second-order valence-corrected chi connectivity index (χ2v) is 8.05. The molecule has 0 aliphatic heterocycles. The molecule has 0 radical (unpaired) electrons. The number of aliphatic hydroxyl groups is 1. The molecule has 2 N–H and O–H groups in total. The number of benzene rings is 1. The van der Waals surface area contributed by atoms with Gasteiger partial charge >= 0.3 is 0 Å². The zero-order valence-electron chi connectivity index (χ0n) is 12.9. The number of sulfonamides is 1. The summed E-state index contributed by atoms with van der Waals surface area (Å²) in [6, 6.07) is 4.95. The Kier molecular flexibility index (Phi) is 5.35. The number of aliphatic hydroxyl groups excluding tert-OH is 1. The van der Waals surface area contributed by atoms with Crippen molar-refractivity contribution in [2.45, 2.75) is 46.1 Å². The van der Waals surface area contributed by atoms with Gasteiger partial charge in [-0.1, -0.05) is 39.8 Å². The third-order valence-electron chi connectivity index (χ3n) is 3.91. The number of hydrogen-bond acceptors (Lipinski definition) is 3. The fourth-order valence-corrected chi connectivity index (χ4v) is 3.16. The molecule has 0 heterocycles. The average Bonchev–Trinajstić information content (AvgIpc) is 2.34. The molecule has 1 rings (SSSR count). The minimum Gasteiger partial charge on any atom is -0.392 e. The van der Waals surface area contributed by atoms with Crippen molar-refractivity contribution in [3.8, 4) is 0 Å². The van der Waals surface area contributed by atoms with E-state index in [0.29, 0.717) is 17.7 Å². The van der Waals surface area contributed by atoms with Crippen LogP contribution in [0.3, 0.4) is 0 Å². The van der Waals surface area contributed by atoms with Crippen molar-refractivity contribution in [3.05, 3.63) is 29.3 Å². The Labute approximate surface area is 122 Å². The highest BCUT2D eigenvalue weighted by atomic mass is 32.2. The van der Waals surface area contributed by atoms with Crippen LogP contribution < -0.4 is 4.72 Å². The fraction of sp³-hybridized carbons (Fsp3) is 0.600. The number of hydrogen-bond donors (Lipinski definition) is 2. The molecule has 1 unspecified atom stereocenters. The molecule has 0 spiro atoms. The molecule has 5 heteroatoms. The van der Waals surface area contributed by atoms with Crippen molar-refractivity contribution in [1.29, 1.82) is 0 Å². The zero-order chi connectivity index (χ0) is 15.6. The first-order valence-corrected chi connectivity index (χ1v) is 8.27. The summed E-state index contributed by atoms with van der Waals surface area (Å²) >= 11 is 0. The molecule has 0 bridgehead atoms. The second-order valence-electron chi connectivity index (χ2n) is 6.32. The van der Waals surface area contributed by atoms with E-state index in [-0.39, 0.29) is 22.8 Å². The van der Waals surface area contributed by atoms with E-state index in [2.05, 4.69) is 25.5 Å². The molecule has 0 amide bonds. The molecule has 1 aromatic carbocycles. The van der Waals surface area contributed by atoms with Crippen LogP contribution in [0.15, 0.2) is 23.1 Å². The summed E-state index contributed by atoms with van der Waals surface area (Å²) in [5.41, 5.74) is 1.28. The summed E-state index contributed by atoms with van der Waals surface area (Å²) < 4.78 is 27.4. The van der Waals surface area contributed by atoms with Gasteiger partial charge < -0.3 is 5.11 Å². The van der Waals surface area contributed by atoms with E-state index in [0.717, 1.165) is 0 Å². The van der Waals surface area contributed by atoms with Crippen molar-refractivity contribution < 1.29 is 13.5 Å². The minimum absolute atomic E-state index is 0.0461. The van der Waals surface area contributed by atoms with Crippen molar-refractivity contribution in [1.82, 2.24) is 4.72 Å². The Morgan fingerprint density at radius 2 is 1.90 bits per heavy atom. The predicted molar refractivity (Wildman–Crippen MR) is 80.9 cm³/mol. The standard InChI is InChI=1S/C15H25NO3S/c1-11(15(3,4)5)9-16-20(18,19)14-8-6-7-13(10-17)12(14)2/h6-8,11,16-17H,9-10H2,1-5H3. The van der Waals surface area contributed by atoms with E-state index in [1.54, 1.807) is 25.1 Å². The van der Waals surface area contributed by atoms with Crippen LogP contribution in [0.2, 0.25) is 0 Å². The lowest BCUT2D eigenvalue weighted by Gasteiger charge is -2.27. The molecule has 0 saturated carbocycles. The van der Waals surface area contributed by atoms with E-state index < -0.39 is 10.0 Å². The second kappa shape index (κ2) is 6.24. The first-order chi connectivity index (χ1) is 9.09. The SMILES string of the molecule is Cc1c(CO)cccc1S(=O)(=O)NCC(C)C(C)(C)C. The lowest BCUT2D eigenvalue weighted by molar-refractivity contribution is 0.263. The number of nitrogens with one attached hydrogen (secondary N) is 1. The molecule has 20 heavy (non-hydrogen) atoms. The van der Waals surface area contributed by atoms with Crippen molar-refractivity contribution in [2.75, 3.05) is 6.54 Å². The Hall–Kier alpha value is -0.910. The van der Waals surface area contributed by atoms with Gasteiger partial charge in [-0.3, -0.25) is 0 Å². The maximum Gasteiger partial charge on any atom is 0.240 e. The predicted octanol–water partition coefficient (Wildman–Crippen LogP) is 2.45. The third-order valence-corrected chi connectivity index (χ3v) is 5.48. The van der Waals surface area contributed by atoms with E-state index in [9.17, 15) is 13.5 Å². The molecule has 0 aliphatic carbocycles. The summed E-state index contributed by atoms with van der Waals surface area (Å²) in [6.45, 7) is 10.2. The topological polar surface area (TPSA) is 66.4 Å². The number of rotatable bonds is 5. The molecule has 114 valence electrons. The molecule has 1 aromatic rings. The van der Waals surface area contributed by atoms with Crippen LogP contribution in [0.4, 0.5) is 0 Å². The monoisotopic (exact) mass is 299 g/mol. The normalized spacial score (nSPS) is 14.3. The maximum absolute atomic E-state index is 12.4. The van der Waals surface area contributed by atoms with Gasteiger partial charge in [0, 0.05) is 6.54 Å². The largest absolute Gasteiger partial charge is 0.392 e. The molecule has 4 nitrogen and oxygen atoms in total. The van der Waals surface area contributed by atoms with Gasteiger partial charge in [0.1, 0.15) is 0 Å². The van der Waals surface area contributed by atoms with Crippen LogP contribution in [-0.2, 0) is 16.6 Å². The van der Waals surface area contributed by atoms with Gasteiger partial charge in [-0.05, 0) is 35.4 Å². The molecular weight excluding hydrogens is 274 g/mol. The van der Waals surface area contributed by atoms with Crippen LogP contribution in [0.1, 0.15) is 38.8 Å². The Bertz CT molecular complexity index is 559. The highest BCUT2D eigenvalue weighted by Crippen LogP contribution is 2.25. The quantitative estimate of drug-likeness (QED) is 0.877. The molecule has 0 saturated heterocycles. The fourth-order valence-electron chi connectivity index (χ4n) is 1.74. The van der Waals surface area contributed by atoms with E-state index in [4.69, 9.17) is 0 Å². The maximum atomic E-state index is 12.4. The molecular formula is C15H25NO3S. The Morgan fingerprint density at radius 1 is 1.30 bits per heavy atom. The zero-order valence-corrected chi connectivity index (χ0v) is 13.7. The van der Waals surface area contributed by atoms with Crippen molar-refractivity contribution in [2.24, 2.45) is 11.3 Å². The average molecular weight is 299 g/mol. The Balaban J connectivity index is 2.96. The van der Waals surface area contributed by atoms with Crippen molar-refractivity contribution in [3.63, 3.8) is 0 Å². The van der Waals surface area contributed by atoms with Gasteiger partial charge in [0.05, 0.1) is 11.5 Å². The Morgan fingerprint density at radius 3 is 2.40 bits per heavy atom. The highest BCUT2D eigenvalue weighted by Gasteiger charge is 2.24. The first kappa shape index (κ1) is 17.1. The van der Waals surface area contributed by atoms with Crippen LogP contribution in [0.25, 0.3) is 0 Å². The smallest absolute Gasteiger partial charge is 0.240 e. The molecule has 0 fully saturated rings. The van der Waals surface area contributed by atoms with Gasteiger partial charge in [-0.25, -0.2) is 13.1 Å². The summed E-state index contributed by atoms with van der Waals surface area (Å²) in [5.74, 6) is 0.221. The minimum atomic E-state index is -3.54. The third kappa shape index (κ3) is 4.04.